The highest BCUT2D eigenvalue weighted by atomic mass is 16.6. The van der Waals surface area contributed by atoms with Crippen molar-refractivity contribution in [1.82, 2.24) is 10.2 Å². The van der Waals surface area contributed by atoms with Crippen molar-refractivity contribution < 1.29 is 9.53 Å². The number of nitrogens with one attached hydrogen (secondary N) is 1. The molecule has 4 heteroatoms. The zero-order valence-electron chi connectivity index (χ0n) is 8.54. The Morgan fingerprint density at radius 1 is 1.46 bits per heavy atom. The Morgan fingerprint density at radius 2 is 2.00 bits per heavy atom. The molecule has 1 rings (SSSR count). The van der Waals surface area contributed by atoms with E-state index in [2.05, 4.69) is 19.2 Å². The molecule has 0 radical (unpaired) electrons. The Labute approximate surface area is 79.2 Å². The molecule has 1 N–H and O–H groups in total. The molecule has 1 fully saturated rings. The molecule has 0 aromatic carbocycles. The Bertz CT molecular complexity index is 174. The highest BCUT2D eigenvalue weighted by Crippen LogP contribution is 2.05. The summed E-state index contributed by atoms with van der Waals surface area (Å²) in [4.78, 5) is 13.1. The predicted molar refractivity (Wildman–Crippen MR) is 50.7 cm³/mol. The van der Waals surface area contributed by atoms with E-state index in [1.165, 1.54) is 0 Å². The van der Waals surface area contributed by atoms with Crippen LogP contribution in [-0.4, -0.2) is 42.8 Å². The zero-order valence-corrected chi connectivity index (χ0v) is 8.54. The van der Waals surface area contributed by atoms with Crippen molar-refractivity contribution in [3.63, 3.8) is 0 Å². The largest absolute Gasteiger partial charge is 0.450 e. The van der Waals surface area contributed by atoms with Gasteiger partial charge in [-0.3, -0.25) is 0 Å². The van der Waals surface area contributed by atoms with Crippen LogP contribution in [0.15, 0.2) is 0 Å². The Morgan fingerprint density at radius 3 is 2.46 bits per heavy atom. The summed E-state index contributed by atoms with van der Waals surface area (Å²) >= 11 is 0. The van der Waals surface area contributed by atoms with Gasteiger partial charge in [-0.1, -0.05) is 0 Å². The van der Waals surface area contributed by atoms with E-state index < -0.39 is 0 Å². The summed E-state index contributed by atoms with van der Waals surface area (Å²) in [6, 6.07) is 0.710. The maximum Gasteiger partial charge on any atom is 0.409 e. The number of carbonyl (C=O) groups is 1. The first-order valence-corrected chi connectivity index (χ1v) is 4.81. The number of rotatable bonds is 1. The molecule has 13 heavy (non-hydrogen) atoms. The predicted octanol–water partition coefficient (Wildman–Crippen LogP) is 0.825. The van der Waals surface area contributed by atoms with Crippen LogP contribution in [0.5, 0.6) is 0 Å². The number of hydrogen-bond acceptors (Lipinski definition) is 3. The lowest BCUT2D eigenvalue weighted by Crippen LogP contribution is -2.55. The van der Waals surface area contributed by atoms with Gasteiger partial charge in [-0.15, -0.1) is 0 Å². The minimum Gasteiger partial charge on any atom is -0.450 e. The number of amides is 1. The molecule has 1 aliphatic rings. The second-order valence-electron chi connectivity index (χ2n) is 3.57. The molecule has 1 amide bonds. The quantitative estimate of drug-likeness (QED) is 0.659. The summed E-state index contributed by atoms with van der Waals surface area (Å²) in [6.45, 7) is 7.90. The van der Waals surface area contributed by atoms with E-state index in [-0.39, 0.29) is 6.09 Å². The maximum absolute atomic E-state index is 11.4. The number of nitrogens with zero attached hydrogens (tertiary/aromatic N) is 1. The number of piperazine rings is 1. The molecule has 76 valence electrons. The van der Waals surface area contributed by atoms with E-state index >= 15 is 0 Å². The molecule has 0 aliphatic carbocycles. The molecule has 0 bridgehead atoms. The van der Waals surface area contributed by atoms with Crippen molar-refractivity contribution in [1.29, 1.82) is 0 Å². The molecule has 0 aromatic heterocycles. The van der Waals surface area contributed by atoms with E-state index in [1.54, 1.807) is 4.90 Å². The van der Waals surface area contributed by atoms with E-state index in [4.69, 9.17) is 4.74 Å². The van der Waals surface area contributed by atoms with Gasteiger partial charge in [0.15, 0.2) is 0 Å². The second kappa shape index (κ2) is 4.46. The summed E-state index contributed by atoms with van der Waals surface area (Å²) in [5.41, 5.74) is 0. The van der Waals surface area contributed by atoms with E-state index in [0.717, 1.165) is 13.1 Å². The second-order valence-corrected chi connectivity index (χ2v) is 3.57. The van der Waals surface area contributed by atoms with Gasteiger partial charge in [0.2, 0.25) is 0 Å². The fourth-order valence-electron chi connectivity index (χ4n) is 1.69. The first kappa shape index (κ1) is 10.3. The minimum absolute atomic E-state index is 0.192. The fourth-order valence-corrected chi connectivity index (χ4v) is 1.69. The van der Waals surface area contributed by atoms with Crippen molar-refractivity contribution in [3.05, 3.63) is 0 Å². The lowest BCUT2D eigenvalue weighted by atomic mass is 10.2. The molecule has 1 aliphatic heterocycles. The number of ether oxygens (including phenoxy) is 1. The highest BCUT2D eigenvalue weighted by molar-refractivity contribution is 5.67. The molecule has 4 nitrogen and oxygen atoms in total. The fraction of sp³-hybridized carbons (Fsp3) is 0.889. The van der Waals surface area contributed by atoms with Crippen LogP contribution in [0.25, 0.3) is 0 Å². The van der Waals surface area contributed by atoms with Crippen LogP contribution in [0.3, 0.4) is 0 Å². The lowest BCUT2D eigenvalue weighted by molar-refractivity contribution is 0.0884. The SMILES string of the molecule is CCOC(=O)N1C[C@@H](C)N[C@H](C)C1. The molecule has 0 aromatic rings. The van der Waals surface area contributed by atoms with E-state index in [0.29, 0.717) is 18.7 Å². The van der Waals surface area contributed by atoms with Gasteiger partial charge in [0, 0.05) is 25.2 Å². The van der Waals surface area contributed by atoms with Crippen molar-refractivity contribution in [3.8, 4) is 0 Å². The lowest BCUT2D eigenvalue weighted by Gasteiger charge is -2.35. The first-order valence-electron chi connectivity index (χ1n) is 4.81. The summed E-state index contributed by atoms with van der Waals surface area (Å²) in [5, 5.41) is 3.36. The molecule has 0 spiro atoms. The van der Waals surface area contributed by atoms with Crippen molar-refractivity contribution in [2.75, 3.05) is 19.7 Å². The summed E-state index contributed by atoms with van der Waals surface area (Å²) < 4.78 is 4.94. The molecular weight excluding hydrogens is 168 g/mol. The molecular formula is C9H18N2O2. The minimum atomic E-state index is -0.192. The van der Waals surface area contributed by atoms with Gasteiger partial charge in [-0.05, 0) is 20.8 Å². The third-order valence-corrected chi connectivity index (χ3v) is 2.08. The Balaban J connectivity index is 2.45. The van der Waals surface area contributed by atoms with Crippen molar-refractivity contribution in [2.24, 2.45) is 0 Å². The van der Waals surface area contributed by atoms with Gasteiger partial charge in [0.25, 0.3) is 0 Å². The zero-order chi connectivity index (χ0) is 9.84. The molecule has 0 saturated carbocycles. The third kappa shape index (κ3) is 2.88. The van der Waals surface area contributed by atoms with Crippen LogP contribution in [-0.2, 0) is 4.74 Å². The third-order valence-electron chi connectivity index (χ3n) is 2.08. The highest BCUT2D eigenvalue weighted by Gasteiger charge is 2.25. The molecule has 0 unspecified atom stereocenters. The van der Waals surface area contributed by atoms with Crippen molar-refractivity contribution >= 4 is 6.09 Å². The molecule has 1 heterocycles. The van der Waals surface area contributed by atoms with Crippen LogP contribution in [0, 0.1) is 0 Å². The van der Waals surface area contributed by atoms with E-state index in [1.807, 2.05) is 6.92 Å². The topological polar surface area (TPSA) is 41.6 Å². The Kier molecular flexibility index (Phi) is 3.54. The standard InChI is InChI=1S/C9H18N2O2/c1-4-13-9(12)11-5-7(2)10-8(3)6-11/h7-8,10H,4-6H2,1-3H3/t7-,8-/m1/s1. The average molecular weight is 186 g/mol. The van der Waals surface area contributed by atoms with Gasteiger partial charge < -0.3 is 15.0 Å². The van der Waals surface area contributed by atoms with Crippen LogP contribution < -0.4 is 5.32 Å². The maximum atomic E-state index is 11.4. The van der Waals surface area contributed by atoms with E-state index in [9.17, 15) is 4.79 Å². The normalized spacial score (nSPS) is 28.7. The van der Waals surface area contributed by atoms with Gasteiger partial charge >= 0.3 is 6.09 Å². The van der Waals surface area contributed by atoms with Gasteiger partial charge in [0.05, 0.1) is 6.61 Å². The monoisotopic (exact) mass is 186 g/mol. The summed E-state index contributed by atoms with van der Waals surface area (Å²) in [5.74, 6) is 0. The van der Waals surface area contributed by atoms with Crippen molar-refractivity contribution in [2.45, 2.75) is 32.9 Å². The van der Waals surface area contributed by atoms with Gasteiger partial charge in [-0.25, -0.2) is 4.79 Å². The Hall–Kier alpha value is -0.770. The van der Waals surface area contributed by atoms with Crippen LogP contribution in [0.4, 0.5) is 4.79 Å². The van der Waals surface area contributed by atoms with Crippen LogP contribution in [0.1, 0.15) is 20.8 Å². The summed E-state index contributed by atoms with van der Waals surface area (Å²) in [6.07, 6.45) is -0.192. The summed E-state index contributed by atoms with van der Waals surface area (Å²) in [7, 11) is 0. The van der Waals surface area contributed by atoms with Gasteiger partial charge in [0.1, 0.15) is 0 Å². The average Bonchev–Trinajstić information content (AvgIpc) is 2.03. The number of carbonyl (C=O) groups excluding carboxylic acids is 1. The molecule has 2 atom stereocenters. The van der Waals surface area contributed by atoms with Crippen LogP contribution >= 0.6 is 0 Å². The first-order chi connectivity index (χ1) is 6.13. The van der Waals surface area contributed by atoms with Crippen LogP contribution in [0.2, 0.25) is 0 Å². The smallest absolute Gasteiger partial charge is 0.409 e. The number of hydrogen-bond donors (Lipinski definition) is 1. The van der Waals surface area contributed by atoms with Gasteiger partial charge in [-0.2, -0.15) is 0 Å². The molecule has 1 saturated heterocycles.